The summed E-state index contributed by atoms with van der Waals surface area (Å²) in [6.07, 6.45) is 11.0. The molecule has 2 rings (SSSR count). The van der Waals surface area contributed by atoms with E-state index >= 15 is 0 Å². The van der Waals surface area contributed by atoms with Crippen molar-refractivity contribution in [3.8, 4) is 0 Å². The minimum absolute atomic E-state index is 0.00124. The molecule has 1 amide bonds. The van der Waals surface area contributed by atoms with E-state index in [1.54, 1.807) is 30.3 Å². The molecular weight excluding hydrogens is 432 g/mol. The van der Waals surface area contributed by atoms with E-state index in [0.717, 1.165) is 18.5 Å². The van der Waals surface area contributed by atoms with E-state index in [-0.39, 0.29) is 17.1 Å². The van der Waals surface area contributed by atoms with Crippen LogP contribution in [-0.2, 0) is 10.2 Å². The normalized spacial score (nSPS) is 12.2. The summed E-state index contributed by atoms with van der Waals surface area (Å²) in [5, 5.41) is 2.97. The predicted octanol–water partition coefficient (Wildman–Crippen LogP) is 7.26. The molecule has 4 nitrogen and oxygen atoms in total. The first-order valence-electron chi connectivity index (χ1n) is 13.0. The van der Waals surface area contributed by atoms with E-state index in [0.29, 0.717) is 22.3 Å². The first-order valence-corrected chi connectivity index (χ1v) is 13.0. The molecule has 0 aliphatic heterocycles. The van der Waals surface area contributed by atoms with Crippen LogP contribution in [0.5, 0.6) is 0 Å². The highest BCUT2D eigenvalue weighted by Crippen LogP contribution is 2.22. The molecule has 0 unspecified atom stereocenters. The highest BCUT2D eigenvalue weighted by atomic mass is 16.2. The Morgan fingerprint density at radius 2 is 1.46 bits per heavy atom. The molecule has 0 heterocycles. The zero-order valence-electron chi connectivity index (χ0n) is 22.7. The third-order valence-electron chi connectivity index (χ3n) is 6.35. The average molecular weight is 478 g/mol. The fourth-order valence-corrected chi connectivity index (χ4v) is 4.07. The Balaban J connectivity index is 1.83. The molecule has 0 radical (unpaired) electrons. The van der Waals surface area contributed by atoms with Crippen molar-refractivity contribution in [3.63, 3.8) is 0 Å². The van der Waals surface area contributed by atoms with Crippen LogP contribution in [0.4, 0.5) is 5.69 Å². The number of amides is 1. The number of hydrogen-bond acceptors (Lipinski definition) is 2. The topological polar surface area (TPSA) is 46.2 Å². The van der Waals surface area contributed by atoms with Crippen LogP contribution in [0.3, 0.4) is 0 Å². The summed E-state index contributed by atoms with van der Waals surface area (Å²) < 4.78 is 0.678. The summed E-state index contributed by atoms with van der Waals surface area (Å²) in [5.41, 5.74) is 3.69. The van der Waals surface area contributed by atoms with Crippen molar-refractivity contribution >= 4 is 23.5 Å². The number of nitrogens with zero attached hydrogens (tertiary/aromatic N) is 1. The van der Waals surface area contributed by atoms with Crippen molar-refractivity contribution in [1.82, 2.24) is 0 Å². The molecule has 0 aliphatic rings. The second-order valence-corrected chi connectivity index (χ2v) is 11.3. The molecule has 0 aliphatic carbocycles. The van der Waals surface area contributed by atoms with E-state index in [9.17, 15) is 9.59 Å². The molecule has 2 aromatic carbocycles. The van der Waals surface area contributed by atoms with Gasteiger partial charge in [-0.25, -0.2) is 0 Å². The van der Waals surface area contributed by atoms with Gasteiger partial charge >= 0.3 is 0 Å². The minimum Gasteiger partial charge on any atom is -0.321 e. The molecule has 0 saturated carbocycles. The van der Waals surface area contributed by atoms with E-state index in [2.05, 4.69) is 59.2 Å². The molecule has 4 heteroatoms. The van der Waals surface area contributed by atoms with Crippen molar-refractivity contribution in [2.75, 3.05) is 32.5 Å². The number of benzene rings is 2. The summed E-state index contributed by atoms with van der Waals surface area (Å²) in [6, 6.07) is 15.4. The zero-order chi connectivity index (χ0) is 25.9. The number of ketones is 1. The lowest BCUT2D eigenvalue weighted by Crippen LogP contribution is -2.46. The van der Waals surface area contributed by atoms with Gasteiger partial charge in [0.25, 0.3) is 5.91 Å². The third-order valence-corrected chi connectivity index (χ3v) is 6.35. The molecular formula is C31H45N2O2+. The molecule has 35 heavy (non-hydrogen) atoms. The van der Waals surface area contributed by atoms with Crippen LogP contribution in [0.2, 0.25) is 0 Å². The van der Waals surface area contributed by atoms with Gasteiger partial charge in [0, 0.05) is 11.3 Å². The number of anilines is 1. The van der Waals surface area contributed by atoms with Crippen LogP contribution in [0.1, 0.15) is 87.7 Å². The molecule has 0 saturated heterocycles. The molecule has 2 aromatic rings. The summed E-state index contributed by atoms with van der Waals surface area (Å²) in [5.74, 6) is -0.0572. The largest absolute Gasteiger partial charge is 0.321 e. The Bertz CT molecular complexity index is 965. The maximum atomic E-state index is 12.6. The van der Waals surface area contributed by atoms with Gasteiger partial charge < -0.3 is 9.80 Å². The monoisotopic (exact) mass is 477 g/mol. The van der Waals surface area contributed by atoms with Gasteiger partial charge in [0.05, 0.1) is 20.6 Å². The van der Waals surface area contributed by atoms with E-state index < -0.39 is 0 Å². The predicted molar refractivity (Wildman–Crippen MR) is 149 cm³/mol. The highest BCUT2D eigenvalue weighted by molar-refractivity contribution is 6.07. The van der Waals surface area contributed by atoms with Gasteiger partial charge in [-0.05, 0) is 59.7 Å². The Kier molecular flexibility index (Phi) is 10.9. The first-order chi connectivity index (χ1) is 16.5. The summed E-state index contributed by atoms with van der Waals surface area (Å²) >= 11 is 0. The average Bonchev–Trinajstić information content (AvgIpc) is 2.79. The molecule has 1 N–H and O–H groups in total. The van der Waals surface area contributed by atoms with Gasteiger partial charge in [-0.2, -0.15) is 0 Å². The first kappa shape index (κ1) is 28.5. The Morgan fingerprint density at radius 3 is 2.06 bits per heavy atom. The molecule has 0 bridgehead atoms. The fourth-order valence-electron chi connectivity index (χ4n) is 4.07. The van der Waals surface area contributed by atoms with Gasteiger partial charge in [-0.15, -0.1) is 0 Å². The number of nitrogens with one attached hydrogen (secondary N) is 1. The second kappa shape index (κ2) is 13.4. The highest BCUT2D eigenvalue weighted by Gasteiger charge is 2.19. The number of hydrogen-bond donors (Lipinski definition) is 1. The fraction of sp³-hybridized carbons (Fsp3) is 0.484. The summed E-state index contributed by atoms with van der Waals surface area (Å²) in [7, 11) is 4.22. The Hall–Kier alpha value is -2.72. The number of rotatable bonds is 13. The van der Waals surface area contributed by atoms with Crippen LogP contribution in [0.25, 0.3) is 6.08 Å². The molecule has 0 spiro atoms. The smallest absolute Gasteiger partial charge is 0.279 e. The number of allylic oxidation sites excluding steroid dienone is 1. The van der Waals surface area contributed by atoms with Gasteiger partial charge in [-0.3, -0.25) is 9.59 Å². The number of carbonyl (C=O) groups excluding carboxylic acids is 2. The van der Waals surface area contributed by atoms with Gasteiger partial charge in [0.15, 0.2) is 12.3 Å². The van der Waals surface area contributed by atoms with Gasteiger partial charge in [0.2, 0.25) is 0 Å². The quantitative estimate of drug-likeness (QED) is 0.143. The minimum atomic E-state index is -0.0560. The van der Waals surface area contributed by atoms with Crippen molar-refractivity contribution in [1.29, 1.82) is 0 Å². The second-order valence-electron chi connectivity index (χ2n) is 11.3. The van der Waals surface area contributed by atoms with Crippen molar-refractivity contribution in [3.05, 3.63) is 71.3 Å². The van der Waals surface area contributed by atoms with Crippen molar-refractivity contribution in [2.45, 2.75) is 71.6 Å². The van der Waals surface area contributed by atoms with Crippen LogP contribution >= 0.6 is 0 Å². The lowest BCUT2D eigenvalue weighted by molar-refractivity contribution is -0.882. The standard InChI is InChI=1S/C31H44N2O2/c1-7-8-9-10-11-12-23-33(5,6)24-30(35)32-28-20-16-26(17-21-28)29(34)22-15-25-13-18-27(19-14-25)31(2,3)4/h13-22H,7-12,23-24H2,1-6H3/p+1/b22-15+. The van der Waals surface area contributed by atoms with Gasteiger partial charge in [0.1, 0.15) is 0 Å². The van der Waals surface area contributed by atoms with Crippen LogP contribution in [-0.4, -0.2) is 43.4 Å². The molecule has 0 aromatic heterocycles. The number of unbranched alkanes of at least 4 members (excludes halogenated alkanes) is 5. The maximum absolute atomic E-state index is 12.6. The number of carbonyl (C=O) groups is 2. The molecule has 0 fully saturated rings. The van der Waals surface area contributed by atoms with Gasteiger partial charge in [-0.1, -0.05) is 83.7 Å². The number of likely N-dealkylation sites (N-methyl/N-ethyl adjacent to an activating group) is 1. The summed E-state index contributed by atoms with van der Waals surface area (Å²) in [6.45, 7) is 10.2. The molecule has 190 valence electrons. The zero-order valence-corrected chi connectivity index (χ0v) is 22.7. The number of quaternary nitrogens is 1. The van der Waals surface area contributed by atoms with Crippen LogP contribution in [0.15, 0.2) is 54.6 Å². The summed E-state index contributed by atoms with van der Waals surface area (Å²) in [4.78, 5) is 25.1. The Morgan fingerprint density at radius 1 is 0.857 bits per heavy atom. The van der Waals surface area contributed by atoms with Crippen molar-refractivity contribution < 1.29 is 14.1 Å². The maximum Gasteiger partial charge on any atom is 0.279 e. The van der Waals surface area contributed by atoms with E-state index in [1.165, 1.54) is 37.7 Å². The molecule has 0 atom stereocenters. The third kappa shape index (κ3) is 10.6. The Labute approximate surface area is 213 Å². The lowest BCUT2D eigenvalue weighted by atomic mass is 9.87. The van der Waals surface area contributed by atoms with Crippen LogP contribution < -0.4 is 5.32 Å². The van der Waals surface area contributed by atoms with Crippen LogP contribution in [0, 0.1) is 0 Å². The SMILES string of the molecule is CCCCCCCC[N+](C)(C)CC(=O)Nc1ccc(C(=O)/C=C/c2ccc(C(C)(C)C)cc2)cc1. The van der Waals surface area contributed by atoms with E-state index in [1.807, 2.05) is 18.2 Å². The van der Waals surface area contributed by atoms with E-state index in [4.69, 9.17) is 0 Å². The van der Waals surface area contributed by atoms with Crippen molar-refractivity contribution in [2.24, 2.45) is 0 Å². The lowest BCUT2D eigenvalue weighted by Gasteiger charge is -2.29.